The van der Waals surface area contributed by atoms with Crippen molar-refractivity contribution in [1.82, 2.24) is 5.32 Å². The van der Waals surface area contributed by atoms with Crippen molar-refractivity contribution in [2.24, 2.45) is 5.73 Å². The molecule has 6 nitrogen and oxygen atoms in total. The fourth-order valence-electron chi connectivity index (χ4n) is 1.20. The monoisotopic (exact) mass is 202 g/mol. The number of aliphatic hydroxyl groups excluding tert-OH is 1. The maximum absolute atomic E-state index is 11.3. The van der Waals surface area contributed by atoms with Crippen LogP contribution in [0.1, 0.15) is 12.8 Å². The van der Waals surface area contributed by atoms with Gasteiger partial charge in [-0.05, 0) is 12.8 Å². The molecule has 0 aromatic carbocycles. The second-order valence-corrected chi connectivity index (χ2v) is 3.16. The molecule has 0 radical (unpaired) electrons. The Hall–Kier alpha value is -1.14. The third kappa shape index (κ3) is 2.97. The van der Waals surface area contributed by atoms with Crippen molar-refractivity contribution in [3.8, 4) is 0 Å². The Labute approximate surface area is 81.4 Å². The summed E-state index contributed by atoms with van der Waals surface area (Å²) < 4.78 is 5.10. The Balaban J connectivity index is 2.23. The van der Waals surface area contributed by atoms with Gasteiger partial charge in [-0.3, -0.25) is 9.59 Å². The molecule has 1 unspecified atom stereocenters. The third-order valence-electron chi connectivity index (χ3n) is 2.02. The van der Waals surface area contributed by atoms with Gasteiger partial charge in [0.2, 0.25) is 11.8 Å². The minimum Gasteiger partial charge on any atom is -0.381 e. The Kier molecular flexibility index (Phi) is 3.84. The normalized spacial score (nSPS) is 23.1. The molecule has 80 valence electrons. The van der Waals surface area contributed by atoms with E-state index in [4.69, 9.17) is 15.6 Å². The number of hydrogen-bond acceptors (Lipinski definition) is 4. The molecular formula is C8H14N2O4. The number of primary amides is 1. The molecule has 2 amide bonds. The summed E-state index contributed by atoms with van der Waals surface area (Å²) in [5.41, 5.74) is 4.80. The molecule has 6 heteroatoms. The van der Waals surface area contributed by atoms with Crippen LogP contribution >= 0.6 is 0 Å². The Morgan fingerprint density at radius 1 is 1.64 bits per heavy atom. The van der Waals surface area contributed by atoms with E-state index in [-0.39, 0.29) is 12.5 Å². The molecular weight excluding hydrogens is 188 g/mol. The number of nitrogens with two attached hydrogens (primary N) is 1. The predicted octanol–water partition coefficient (Wildman–Crippen LogP) is -1.87. The lowest BCUT2D eigenvalue weighted by molar-refractivity contribution is -0.131. The summed E-state index contributed by atoms with van der Waals surface area (Å²) in [6.07, 6.45) is -0.245. The lowest BCUT2D eigenvalue weighted by Gasteiger charge is -2.11. The van der Waals surface area contributed by atoms with Gasteiger partial charge in [-0.25, -0.2) is 0 Å². The highest BCUT2D eigenvalue weighted by Crippen LogP contribution is 2.11. The van der Waals surface area contributed by atoms with Gasteiger partial charge < -0.3 is 20.9 Å². The van der Waals surface area contributed by atoms with E-state index in [0.29, 0.717) is 13.0 Å². The number of aliphatic hydroxyl groups is 1. The van der Waals surface area contributed by atoms with Crippen molar-refractivity contribution in [3.05, 3.63) is 0 Å². The number of hydrogen-bond donors (Lipinski definition) is 3. The number of carbonyl (C=O) groups excluding carboxylic acids is 2. The largest absolute Gasteiger partial charge is 0.381 e. The molecule has 1 rings (SSSR count). The van der Waals surface area contributed by atoms with Crippen LogP contribution in [0.15, 0.2) is 0 Å². The summed E-state index contributed by atoms with van der Waals surface area (Å²) in [6, 6.07) is 0. The van der Waals surface area contributed by atoms with Crippen molar-refractivity contribution < 1.29 is 19.4 Å². The molecule has 4 N–H and O–H groups in total. The predicted molar refractivity (Wildman–Crippen MR) is 47.2 cm³/mol. The van der Waals surface area contributed by atoms with E-state index in [1.54, 1.807) is 0 Å². The first-order valence-corrected chi connectivity index (χ1v) is 4.48. The van der Waals surface area contributed by atoms with E-state index in [0.717, 1.165) is 6.42 Å². The van der Waals surface area contributed by atoms with Crippen LogP contribution in [0, 0.1) is 0 Å². The van der Waals surface area contributed by atoms with Crippen LogP contribution in [0.3, 0.4) is 0 Å². The summed E-state index contributed by atoms with van der Waals surface area (Å²) in [7, 11) is 0. The number of ether oxygens (including phenoxy) is 1. The first-order valence-electron chi connectivity index (χ1n) is 4.48. The van der Waals surface area contributed by atoms with Crippen molar-refractivity contribution in [2.75, 3.05) is 13.2 Å². The topological polar surface area (TPSA) is 102 Å². The highest BCUT2D eigenvalue weighted by Gasteiger charge is 2.24. The van der Waals surface area contributed by atoms with Crippen molar-refractivity contribution in [1.29, 1.82) is 0 Å². The maximum Gasteiger partial charge on any atom is 0.249 e. The van der Waals surface area contributed by atoms with E-state index < -0.39 is 18.1 Å². The lowest BCUT2D eigenvalue weighted by atomic mass is 10.2. The molecule has 0 spiro atoms. The van der Waals surface area contributed by atoms with Crippen LogP contribution in [-0.2, 0) is 14.3 Å². The minimum atomic E-state index is -1.33. The standard InChI is InChI=1S/C8H14N2O4/c9-7(12)5(11)4-10-8(13)6-2-1-3-14-6/h5-6,11H,1-4H2,(H2,9,12)(H,10,13)/t5?,6-/m0/s1. The fourth-order valence-corrected chi connectivity index (χ4v) is 1.20. The molecule has 2 atom stereocenters. The quantitative estimate of drug-likeness (QED) is 0.497. The summed E-state index contributed by atoms with van der Waals surface area (Å²) in [5.74, 6) is -1.15. The number of nitrogens with one attached hydrogen (secondary N) is 1. The summed E-state index contributed by atoms with van der Waals surface area (Å²) in [6.45, 7) is 0.421. The van der Waals surface area contributed by atoms with Gasteiger partial charge in [-0.2, -0.15) is 0 Å². The number of amides is 2. The van der Waals surface area contributed by atoms with E-state index in [1.807, 2.05) is 0 Å². The second kappa shape index (κ2) is 4.92. The number of carbonyl (C=O) groups is 2. The average Bonchev–Trinajstić information content (AvgIpc) is 2.66. The first-order chi connectivity index (χ1) is 6.61. The third-order valence-corrected chi connectivity index (χ3v) is 2.02. The maximum atomic E-state index is 11.3. The van der Waals surface area contributed by atoms with Gasteiger partial charge in [0, 0.05) is 6.61 Å². The molecule has 1 saturated heterocycles. The van der Waals surface area contributed by atoms with Crippen LogP contribution < -0.4 is 11.1 Å². The summed E-state index contributed by atoms with van der Waals surface area (Å²) >= 11 is 0. The molecule has 1 aliphatic heterocycles. The summed E-state index contributed by atoms with van der Waals surface area (Å²) in [4.78, 5) is 21.7. The summed E-state index contributed by atoms with van der Waals surface area (Å²) in [5, 5.41) is 11.4. The zero-order valence-corrected chi connectivity index (χ0v) is 7.73. The Bertz CT molecular complexity index is 225. The van der Waals surface area contributed by atoms with E-state index in [1.165, 1.54) is 0 Å². The smallest absolute Gasteiger partial charge is 0.249 e. The molecule has 0 aliphatic carbocycles. The SMILES string of the molecule is NC(=O)C(O)CNC(=O)[C@@H]1CCCO1. The van der Waals surface area contributed by atoms with Gasteiger partial charge >= 0.3 is 0 Å². The highest BCUT2D eigenvalue weighted by molar-refractivity contribution is 5.83. The highest BCUT2D eigenvalue weighted by atomic mass is 16.5. The Morgan fingerprint density at radius 2 is 2.36 bits per heavy atom. The Morgan fingerprint density at radius 3 is 2.86 bits per heavy atom. The molecule has 1 heterocycles. The minimum absolute atomic E-state index is 0.159. The average molecular weight is 202 g/mol. The fraction of sp³-hybridized carbons (Fsp3) is 0.750. The van der Waals surface area contributed by atoms with Gasteiger partial charge in [0.25, 0.3) is 0 Å². The van der Waals surface area contributed by atoms with Gasteiger partial charge in [0.05, 0.1) is 6.54 Å². The van der Waals surface area contributed by atoms with Crippen LogP contribution in [0.2, 0.25) is 0 Å². The molecule has 0 saturated carbocycles. The van der Waals surface area contributed by atoms with E-state index >= 15 is 0 Å². The van der Waals surface area contributed by atoms with Crippen molar-refractivity contribution in [2.45, 2.75) is 25.0 Å². The lowest BCUT2D eigenvalue weighted by Crippen LogP contribution is -2.43. The van der Waals surface area contributed by atoms with Gasteiger partial charge in [0.1, 0.15) is 12.2 Å². The zero-order valence-electron chi connectivity index (χ0n) is 7.73. The molecule has 1 fully saturated rings. The molecule has 0 aromatic heterocycles. The van der Waals surface area contributed by atoms with Crippen molar-refractivity contribution in [3.63, 3.8) is 0 Å². The second-order valence-electron chi connectivity index (χ2n) is 3.16. The molecule has 14 heavy (non-hydrogen) atoms. The number of rotatable bonds is 4. The first kappa shape index (κ1) is 10.9. The van der Waals surface area contributed by atoms with Crippen molar-refractivity contribution >= 4 is 11.8 Å². The van der Waals surface area contributed by atoms with Crippen LogP contribution in [0.4, 0.5) is 0 Å². The molecule has 1 aliphatic rings. The van der Waals surface area contributed by atoms with Crippen LogP contribution in [0.25, 0.3) is 0 Å². The van der Waals surface area contributed by atoms with Crippen LogP contribution in [-0.4, -0.2) is 42.3 Å². The molecule has 0 aromatic rings. The van der Waals surface area contributed by atoms with Crippen LogP contribution in [0.5, 0.6) is 0 Å². The van der Waals surface area contributed by atoms with E-state index in [9.17, 15) is 9.59 Å². The van der Waals surface area contributed by atoms with Gasteiger partial charge in [-0.1, -0.05) is 0 Å². The van der Waals surface area contributed by atoms with Gasteiger partial charge in [-0.15, -0.1) is 0 Å². The van der Waals surface area contributed by atoms with Gasteiger partial charge in [0.15, 0.2) is 0 Å². The van der Waals surface area contributed by atoms with E-state index in [2.05, 4.69) is 5.32 Å². The molecule has 0 bridgehead atoms. The zero-order chi connectivity index (χ0) is 10.6.